The van der Waals surface area contributed by atoms with Gasteiger partial charge in [0.15, 0.2) is 0 Å². The summed E-state index contributed by atoms with van der Waals surface area (Å²) in [6, 6.07) is 6.29. The molecule has 0 spiro atoms. The number of esters is 1. The van der Waals surface area contributed by atoms with E-state index in [9.17, 15) is 14.9 Å². The van der Waals surface area contributed by atoms with Crippen LogP contribution in [0.15, 0.2) is 46.5 Å². The molecule has 1 aliphatic rings. The lowest BCUT2D eigenvalue weighted by molar-refractivity contribution is -0.384. The van der Waals surface area contributed by atoms with Gasteiger partial charge in [-0.25, -0.2) is 4.79 Å². The first-order chi connectivity index (χ1) is 10.5. The van der Waals surface area contributed by atoms with Crippen LogP contribution < -0.4 is 5.73 Å². The topological polar surface area (TPSA) is 95.5 Å². The number of benzene rings is 1. The zero-order chi connectivity index (χ0) is 16.3. The zero-order valence-corrected chi connectivity index (χ0v) is 13.1. The van der Waals surface area contributed by atoms with Gasteiger partial charge in [0.25, 0.3) is 5.69 Å². The highest BCUT2D eigenvalue weighted by molar-refractivity contribution is 8.02. The summed E-state index contributed by atoms with van der Waals surface area (Å²) in [7, 11) is 0. The second kappa shape index (κ2) is 6.65. The van der Waals surface area contributed by atoms with Crippen LogP contribution in [-0.2, 0) is 9.53 Å². The van der Waals surface area contributed by atoms with Gasteiger partial charge in [-0.1, -0.05) is 12.1 Å². The van der Waals surface area contributed by atoms with Crippen LogP contribution in [0.2, 0.25) is 0 Å². The molecule has 22 heavy (non-hydrogen) atoms. The van der Waals surface area contributed by atoms with Gasteiger partial charge in [0.05, 0.1) is 28.1 Å². The highest BCUT2D eigenvalue weighted by atomic mass is 32.2. The van der Waals surface area contributed by atoms with E-state index < -0.39 is 10.9 Å². The summed E-state index contributed by atoms with van der Waals surface area (Å²) in [5.74, 6) is -0.444. The number of carbonyl (C=O) groups excluding carboxylic acids is 1. The number of non-ortho nitro benzene ring substituents is 1. The van der Waals surface area contributed by atoms with E-state index in [1.807, 2.05) is 6.92 Å². The van der Waals surface area contributed by atoms with E-state index in [4.69, 9.17) is 10.5 Å². The lowest BCUT2D eigenvalue weighted by Gasteiger charge is -2.24. The molecule has 1 aromatic carbocycles. The number of hydrogen-bond donors (Lipinski definition) is 1. The van der Waals surface area contributed by atoms with Gasteiger partial charge in [-0.15, -0.1) is 11.8 Å². The highest BCUT2D eigenvalue weighted by Crippen LogP contribution is 2.43. The van der Waals surface area contributed by atoms with Gasteiger partial charge in [0.1, 0.15) is 0 Å². The Morgan fingerprint density at radius 2 is 2.05 bits per heavy atom. The molecule has 6 nitrogen and oxygen atoms in total. The molecule has 0 aromatic heterocycles. The lowest BCUT2D eigenvalue weighted by Crippen LogP contribution is -2.19. The maximum Gasteiger partial charge on any atom is 0.340 e. The van der Waals surface area contributed by atoms with Crippen LogP contribution >= 0.6 is 11.8 Å². The Labute approximate surface area is 132 Å². The fourth-order valence-corrected chi connectivity index (χ4v) is 3.28. The molecule has 1 atom stereocenters. The molecule has 0 amide bonds. The second-order valence-electron chi connectivity index (χ2n) is 4.72. The van der Waals surface area contributed by atoms with E-state index in [-0.39, 0.29) is 17.5 Å². The average molecular weight is 320 g/mol. The van der Waals surface area contributed by atoms with Gasteiger partial charge in [-0.2, -0.15) is 0 Å². The van der Waals surface area contributed by atoms with Gasteiger partial charge in [-0.3, -0.25) is 10.1 Å². The van der Waals surface area contributed by atoms with Crippen molar-refractivity contribution >= 4 is 23.4 Å². The van der Waals surface area contributed by atoms with E-state index in [2.05, 4.69) is 0 Å². The third kappa shape index (κ3) is 3.14. The predicted octanol–water partition coefficient (Wildman–Crippen LogP) is 3.06. The maximum atomic E-state index is 12.0. The Kier molecular flexibility index (Phi) is 4.87. The standard InChI is InChI=1S/C15H16N2O4S/c1-3-21-15(18)13-9(2)14(22-8-12(13)16)10-4-6-11(7-5-10)17(19)20/h4-8,14H,3,16H2,1-2H3/t14-/m0/s1. The van der Waals surface area contributed by atoms with Crippen molar-refractivity contribution < 1.29 is 14.5 Å². The molecule has 0 fully saturated rings. The molecule has 7 heteroatoms. The van der Waals surface area contributed by atoms with Crippen molar-refractivity contribution in [3.05, 3.63) is 62.2 Å². The minimum absolute atomic E-state index is 0.0341. The SMILES string of the molecule is CCOC(=O)C1=C(C)[C@@H](c2ccc([N+](=O)[O-])cc2)SC=C1N. The highest BCUT2D eigenvalue weighted by Gasteiger charge is 2.27. The third-order valence-corrected chi connectivity index (χ3v) is 4.58. The Balaban J connectivity index is 2.36. The summed E-state index contributed by atoms with van der Waals surface area (Å²) in [6.45, 7) is 3.84. The molecule has 0 saturated heterocycles. The largest absolute Gasteiger partial charge is 0.462 e. The molecule has 116 valence electrons. The van der Waals surface area contributed by atoms with Crippen molar-refractivity contribution in [2.45, 2.75) is 19.1 Å². The quantitative estimate of drug-likeness (QED) is 0.520. The number of nitro groups is 1. The summed E-state index contributed by atoms with van der Waals surface area (Å²) in [5, 5.41) is 12.3. The van der Waals surface area contributed by atoms with Gasteiger partial charge in [-0.05, 0) is 30.4 Å². The van der Waals surface area contributed by atoms with Crippen LogP contribution in [0.5, 0.6) is 0 Å². The monoisotopic (exact) mass is 320 g/mol. The molecule has 1 aromatic rings. The molecule has 0 aliphatic carbocycles. The van der Waals surface area contributed by atoms with Crippen molar-refractivity contribution in [1.82, 2.24) is 0 Å². The molecule has 1 heterocycles. The van der Waals surface area contributed by atoms with Crippen molar-refractivity contribution in [3.8, 4) is 0 Å². The molecule has 0 bridgehead atoms. The Hall–Kier alpha value is -2.28. The third-order valence-electron chi connectivity index (χ3n) is 3.29. The molecule has 2 N–H and O–H groups in total. The number of rotatable bonds is 4. The van der Waals surface area contributed by atoms with Crippen molar-refractivity contribution in [2.24, 2.45) is 5.73 Å². The van der Waals surface area contributed by atoms with Crippen molar-refractivity contribution in [1.29, 1.82) is 0 Å². The van der Waals surface area contributed by atoms with Gasteiger partial charge in [0.2, 0.25) is 0 Å². The predicted molar refractivity (Wildman–Crippen MR) is 85.0 cm³/mol. The van der Waals surface area contributed by atoms with Crippen LogP contribution in [0.25, 0.3) is 0 Å². The lowest BCUT2D eigenvalue weighted by atomic mass is 9.98. The molecule has 0 unspecified atom stereocenters. The van der Waals surface area contributed by atoms with E-state index >= 15 is 0 Å². The van der Waals surface area contributed by atoms with Crippen LogP contribution in [0, 0.1) is 10.1 Å². The average Bonchev–Trinajstić information content (AvgIpc) is 2.48. The first-order valence-corrected chi connectivity index (χ1v) is 7.63. The second-order valence-corrected chi connectivity index (χ2v) is 5.70. The van der Waals surface area contributed by atoms with E-state index in [1.54, 1.807) is 24.5 Å². The first-order valence-electron chi connectivity index (χ1n) is 6.69. The molecular weight excluding hydrogens is 304 g/mol. The molecule has 1 aliphatic heterocycles. The summed E-state index contributed by atoms with van der Waals surface area (Å²) in [5.41, 5.74) is 8.36. The number of thioether (sulfide) groups is 1. The number of carbonyl (C=O) groups is 1. The van der Waals surface area contributed by atoms with Crippen LogP contribution in [-0.4, -0.2) is 17.5 Å². The Morgan fingerprint density at radius 3 is 2.59 bits per heavy atom. The summed E-state index contributed by atoms with van der Waals surface area (Å²) in [6.07, 6.45) is 0. The molecular formula is C15H16N2O4S. The fourth-order valence-electron chi connectivity index (χ4n) is 2.24. The summed E-state index contributed by atoms with van der Waals surface area (Å²) >= 11 is 1.46. The fraction of sp³-hybridized carbons (Fsp3) is 0.267. The number of nitrogens with two attached hydrogens (primary N) is 1. The minimum atomic E-state index is -0.444. The molecule has 0 radical (unpaired) electrons. The molecule has 0 saturated carbocycles. The smallest absolute Gasteiger partial charge is 0.340 e. The number of nitrogens with zero attached hydrogens (tertiary/aromatic N) is 1. The van der Waals surface area contributed by atoms with Crippen LogP contribution in [0.3, 0.4) is 0 Å². The van der Waals surface area contributed by atoms with Crippen molar-refractivity contribution in [3.63, 3.8) is 0 Å². The van der Waals surface area contributed by atoms with Gasteiger partial charge < -0.3 is 10.5 Å². The Bertz CT molecular complexity index is 665. The van der Waals surface area contributed by atoms with Crippen LogP contribution in [0.4, 0.5) is 5.69 Å². The number of nitro benzene ring substituents is 1. The first kappa shape index (κ1) is 16.1. The van der Waals surface area contributed by atoms with Crippen LogP contribution in [0.1, 0.15) is 24.7 Å². The molecule has 2 rings (SSSR count). The summed E-state index contributed by atoms with van der Waals surface area (Å²) < 4.78 is 5.04. The van der Waals surface area contributed by atoms with Gasteiger partial charge in [0, 0.05) is 12.1 Å². The normalized spacial score (nSPS) is 17.9. The zero-order valence-electron chi connectivity index (χ0n) is 12.2. The van der Waals surface area contributed by atoms with E-state index in [0.29, 0.717) is 11.3 Å². The Morgan fingerprint density at radius 1 is 1.41 bits per heavy atom. The number of hydrogen-bond acceptors (Lipinski definition) is 6. The minimum Gasteiger partial charge on any atom is -0.462 e. The maximum absolute atomic E-state index is 12.0. The van der Waals surface area contributed by atoms with Crippen molar-refractivity contribution in [2.75, 3.05) is 6.61 Å². The van der Waals surface area contributed by atoms with E-state index in [1.165, 1.54) is 23.9 Å². The van der Waals surface area contributed by atoms with Gasteiger partial charge >= 0.3 is 5.97 Å². The van der Waals surface area contributed by atoms with E-state index in [0.717, 1.165) is 11.1 Å². The summed E-state index contributed by atoms with van der Waals surface area (Å²) in [4.78, 5) is 22.3. The number of ether oxygens (including phenoxy) is 1.